The number of nitrogens with zero attached hydrogens (tertiary/aromatic N) is 4. The summed E-state index contributed by atoms with van der Waals surface area (Å²) in [5.41, 5.74) is 3.11. The van der Waals surface area contributed by atoms with E-state index in [-0.39, 0.29) is 17.2 Å². The maximum atomic E-state index is 12.5. The van der Waals surface area contributed by atoms with Gasteiger partial charge in [-0.1, -0.05) is 11.2 Å². The molecule has 0 aromatic carbocycles. The number of nitrogens with one attached hydrogen (secondary N) is 1. The fraction of sp³-hybridized carbons (Fsp3) is 0.389. The van der Waals surface area contributed by atoms with Crippen LogP contribution in [0.3, 0.4) is 0 Å². The van der Waals surface area contributed by atoms with Gasteiger partial charge >= 0.3 is 0 Å². The third-order valence-electron chi connectivity index (χ3n) is 4.59. The second kappa shape index (κ2) is 6.90. The number of pyridine rings is 1. The zero-order chi connectivity index (χ0) is 19.0. The van der Waals surface area contributed by atoms with Crippen molar-refractivity contribution < 1.29 is 12.9 Å². The van der Waals surface area contributed by atoms with E-state index >= 15 is 0 Å². The van der Waals surface area contributed by atoms with Crippen molar-refractivity contribution in [2.45, 2.75) is 44.0 Å². The Hall–Kier alpha value is -2.52. The molecule has 0 atom stereocenters. The lowest BCUT2D eigenvalue weighted by molar-refractivity contribution is 0.390. The molecule has 0 spiro atoms. The topological polar surface area (TPSA) is 103 Å². The molecule has 0 radical (unpaired) electrons. The van der Waals surface area contributed by atoms with Crippen molar-refractivity contribution in [1.29, 1.82) is 0 Å². The zero-order valence-electron chi connectivity index (χ0n) is 15.2. The summed E-state index contributed by atoms with van der Waals surface area (Å²) < 4.78 is 34.5. The molecule has 0 amide bonds. The largest absolute Gasteiger partial charge is 0.360 e. The Labute approximate surface area is 157 Å². The Morgan fingerprint density at radius 2 is 2.07 bits per heavy atom. The lowest BCUT2D eigenvalue weighted by Gasteiger charge is -2.09. The van der Waals surface area contributed by atoms with E-state index in [1.807, 2.05) is 22.9 Å². The van der Waals surface area contributed by atoms with E-state index in [2.05, 4.69) is 26.0 Å². The van der Waals surface area contributed by atoms with E-state index in [1.54, 1.807) is 20.0 Å². The van der Waals surface area contributed by atoms with Crippen LogP contribution in [0.25, 0.3) is 11.4 Å². The van der Waals surface area contributed by atoms with Crippen molar-refractivity contribution in [2.24, 2.45) is 0 Å². The molecule has 1 aliphatic rings. The standard InChI is InChI=1S/C18H21N5O3S/c1-12-18(13(2)26-22-12)27(24,25)20-9-10-23-17(14-6-7-14)11-16(21-23)15-5-3-4-8-19-15/h3-5,8,11,14,20H,6-7,9-10H2,1-2H3. The maximum absolute atomic E-state index is 12.5. The fourth-order valence-electron chi connectivity index (χ4n) is 3.17. The lowest BCUT2D eigenvalue weighted by Crippen LogP contribution is -2.28. The average Bonchev–Trinajstić information content (AvgIpc) is 3.31. The van der Waals surface area contributed by atoms with Gasteiger partial charge in [0.15, 0.2) is 5.76 Å². The van der Waals surface area contributed by atoms with Crippen LogP contribution in [0.5, 0.6) is 0 Å². The van der Waals surface area contributed by atoms with Crippen molar-refractivity contribution in [3.8, 4) is 11.4 Å². The van der Waals surface area contributed by atoms with Crippen molar-refractivity contribution in [1.82, 2.24) is 24.6 Å². The molecule has 0 saturated heterocycles. The molecule has 27 heavy (non-hydrogen) atoms. The Bertz CT molecular complexity index is 1030. The highest BCUT2D eigenvalue weighted by molar-refractivity contribution is 7.89. The first-order valence-corrected chi connectivity index (χ1v) is 10.4. The summed E-state index contributed by atoms with van der Waals surface area (Å²) in [6.45, 7) is 3.88. The van der Waals surface area contributed by atoms with Crippen LogP contribution in [-0.4, -0.2) is 34.9 Å². The van der Waals surface area contributed by atoms with E-state index in [0.717, 1.165) is 29.9 Å². The summed E-state index contributed by atoms with van der Waals surface area (Å²) in [4.78, 5) is 4.46. The summed E-state index contributed by atoms with van der Waals surface area (Å²) in [6.07, 6.45) is 4.01. The maximum Gasteiger partial charge on any atom is 0.246 e. The fourth-order valence-corrected chi connectivity index (χ4v) is 4.52. The van der Waals surface area contributed by atoms with Crippen LogP contribution >= 0.6 is 0 Å². The first-order chi connectivity index (χ1) is 13.0. The number of hydrogen-bond acceptors (Lipinski definition) is 6. The molecule has 0 unspecified atom stereocenters. The second-order valence-electron chi connectivity index (χ2n) is 6.72. The molecule has 4 rings (SSSR count). The Morgan fingerprint density at radius 3 is 2.70 bits per heavy atom. The molecule has 3 aromatic rings. The number of rotatable bonds is 7. The minimum absolute atomic E-state index is 0.111. The average molecular weight is 387 g/mol. The Balaban J connectivity index is 1.51. The number of aryl methyl sites for hydroxylation is 2. The third-order valence-corrected chi connectivity index (χ3v) is 6.29. The van der Waals surface area contributed by atoms with Gasteiger partial charge in [-0.2, -0.15) is 5.10 Å². The van der Waals surface area contributed by atoms with E-state index in [0.29, 0.717) is 18.2 Å². The number of hydrogen-bond donors (Lipinski definition) is 1. The minimum atomic E-state index is -3.67. The first-order valence-electron chi connectivity index (χ1n) is 8.87. The van der Waals surface area contributed by atoms with Gasteiger partial charge in [0.25, 0.3) is 0 Å². The van der Waals surface area contributed by atoms with E-state index in [9.17, 15) is 8.42 Å². The highest BCUT2D eigenvalue weighted by atomic mass is 32.2. The molecular weight excluding hydrogens is 366 g/mol. The summed E-state index contributed by atoms with van der Waals surface area (Å²) >= 11 is 0. The number of aromatic nitrogens is 4. The van der Waals surface area contributed by atoms with Crippen LogP contribution in [0, 0.1) is 13.8 Å². The normalized spacial score (nSPS) is 14.6. The van der Waals surface area contributed by atoms with Crippen molar-refractivity contribution in [3.63, 3.8) is 0 Å². The third kappa shape index (κ3) is 3.65. The van der Waals surface area contributed by atoms with Crippen LogP contribution in [0.1, 0.15) is 35.9 Å². The van der Waals surface area contributed by atoms with Crippen LogP contribution < -0.4 is 4.72 Å². The Kier molecular flexibility index (Phi) is 4.56. The van der Waals surface area contributed by atoms with Gasteiger partial charge in [-0.25, -0.2) is 13.1 Å². The highest BCUT2D eigenvalue weighted by Crippen LogP contribution is 2.41. The smallest absolute Gasteiger partial charge is 0.246 e. The van der Waals surface area contributed by atoms with Crippen LogP contribution in [0.2, 0.25) is 0 Å². The van der Waals surface area contributed by atoms with E-state index in [1.165, 1.54) is 0 Å². The van der Waals surface area contributed by atoms with Gasteiger partial charge in [-0.15, -0.1) is 0 Å². The molecule has 3 aromatic heterocycles. The molecule has 3 heterocycles. The molecule has 1 saturated carbocycles. The quantitative estimate of drug-likeness (QED) is 0.668. The van der Waals surface area contributed by atoms with Gasteiger partial charge in [-0.05, 0) is 44.9 Å². The van der Waals surface area contributed by atoms with Crippen LogP contribution in [0.15, 0.2) is 39.9 Å². The lowest BCUT2D eigenvalue weighted by atomic mass is 10.2. The van der Waals surface area contributed by atoms with Gasteiger partial charge < -0.3 is 4.52 Å². The van der Waals surface area contributed by atoms with Crippen LogP contribution in [0.4, 0.5) is 0 Å². The SMILES string of the molecule is Cc1noc(C)c1S(=O)(=O)NCCn1nc(-c2ccccn2)cc1C1CC1. The molecular formula is C18H21N5O3S. The van der Waals surface area contributed by atoms with E-state index in [4.69, 9.17) is 4.52 Å². The highest BCUT2D eigenvalue weighted by Gasteiger charge is 2.29. The summed E-state index contributed by atoms with van der Waals surface area (Å²) in [6, 6.07) is 7.77. The van der Waals surface area contributed by atoms with E-state index < -0.39 is 10.0 Å². The van der Waals surface area contributed by atoms with Gasteiger partial charge in [-0.3, -0.25) is 9.67 Å². The van der Waals surface area contributed by atoms with Crippen molar-refractivity contribution in [2.75, 3.05) is 6.54 Å². The molecule has 1 aliphatic carbocycles. The van der Waals surface area contributed by atoms with Crippen molar-refractivity contribution in [3.05, 3.63) is 47.6 Å². The molecule has 1 N–H and O–H groups in total. The molecule has 9 heteroatoms. The Morgan fingerprint density at radius 1 is 1.26 bits per heavy atom. The van der Waals surface area contributed by atoms with Gasteiger partial charge in [0, 0.05) is 24.4 Å². The first kappa shape index (κ1) is 17.9. The monoisotopic (exact) mass is 387 g/mol. The summed E-state index contributed by atoms with van der Waals surface area (Å²) in [7, 11) is -3.67. The number of sulfonamides is 1. The predicted molar refractivity (Wildman–Crippen MR) is 98.6 cm³/mol. The molecule has 1 fully saturated rings. The molecule has 0 bridgehead atoms. The summed E-state index contributed by atoms with van der Waals surface area (Å²) in [5, 5.41) is 8.36. The van der Waals surface area contributed by atoms with Crippen molar-refractivity contribution >= 4 is 10.0 Å². The van der Waals surface area contributed by atoms with Crippen LogP contribution in [-0.2, 0) is 16.6 Å². The summed E-state index contributed by atoms with van der Waals surface area (Å²) in [5.74, 6) is 0.782. The minimum Gasteiger partial charge on any atom is -0.360 e. The second-order valence-corrected chi connectivity index (χ2v) is 8.42. The zero-order valence-corrected chi connectivity index (χ0v) is 16.0. The molecule has 8 nitrogen and oxygen atoms in total. The van der Waals surface area contributed by atoms with Gasteiger partial charge in [0.05, 0.1) is 12.2 Å². The molecule has 142 valence electrons. The predicted octanol–water partition coefficient (Wildman–Crippen LogP) is 2.41. The van der Waals surface area contributed by atoms with Gasteiger partial charge in [0.2, 0.25) is 10.0 Å². The molecule has 0 aliphatic heterocycles. The van der Waals surface area contributed by atoms with Gasteiger partial charge in [0.1, 0.15) is 16.3 Å².